The summed E-state index contributed by atoms with van der Waals surface area (Å²) in [5, 5.41) is 18.5. The molecular formula is C12H16O3. The zero-order chi connectivity index (χ0) is 11.6. The summed E-state index contributed by atoms with van der Waals surface area (Å²) in [5.41, 5.74) is 1.59. The number of rotatable bonds is 3. The van der Waals surface area contributed by atoms with Crippen molar-refractivity contribution >= 4 is 5.97 Å². The molecule has 0 aliphatic carbocycles. The number of aromatic carboxylic acids is 1. The van der Waals surface area contributed by atoms with Crippen LogP contribution in [0.25, 0.3) is 0 Å². The fraction of sp³-hybridized carbons (Fsp3) is 0.417. The first-order valence-corrected chi connectivity index (χ1v) is 5.04. The van der Waals surface area contributed by atoms with E-state index in [0.717, 1.165) is 12.0 Å². The van der Waals surface area contributed by atoms with Gasteiger partial charge in [-0.05, 0) is 36.5 Å². The molecule has 0 heterocycles. The van der Waals surface area contributed by atoms with E-state index >= 15 is 0 Å². The molecule has 0 spiro atoms. The average Bonchev–Trinajstić information content (AvgIpc) is 2.14. The van der Waals surface area contributed by atoms with Crippen LogP contribution in [-0.4, -0.2) is 16.2 Å². The quantitative estimate of drug-likeness (QED) is 0.803. The SMILES string of the molecule is CCC(C)c1cc(C)c(C(=O)O)c(O)c1. The lowest BCUT2D eigenvalue weighted by atomic mass is 9.94. The molecule has 3 heteroatoms. The number of carbonyl (C=O) groups is 1. The van der Waals surface area contributed by atoms with Gasteiger partial charge in [0, 0.05) is 0 Å². The highest BCUT2D eigenvalue weighted by Gasteiger charge is 2.15. The molecule has 0 aromatic heterocycles. The van der Waals surface area contributed by atoms with E-state index in [2.05, 4.69) is 13.8 Å². The molecule has 1 unspecified atom stereocenters. The van der Waals surface area contributed by atoms with E-state index < -0.39 is 5.97 Å². The summed E-state index contributed by atoms with van der Waals surface area (Å²) >= 11 is 0. The molecule has 0 fully saturated rings. The third-order valence-electron chi connectivity index (χ3n) is 2.73. The second-order valence-electron chi connectivity index (χ2n) is 3.85. The molecule has 15 heavy (non-hydrogen) atoms. The van der Waals surface area contributed by atoms with Gasteiger partial charge >= 0.3 is 5.97 Å². The maximum atomic E-state index is 10.8. The van der Waals surface area contributed by atoms with Gasteiger partial charge in [0.2, 0.25) is 0 Å². The standard InChI is InChI=1S/C12H16O3/c1-4-7(2)9-5-8(3)11(12(14)15)10(13)6-9/h5-7,13H,4H2,1-3H3,(H,14,15). The summed E-state index contributed by atoms with van der Waals surface area (Å²) in [4.78, 5) is 10.8. The lowest BCUT2D eigenvalue weighted by molar-refractivity contribution is 0.0693. The summed E-state index contributed by atoms with van der Waals surface area (Å²) < 4.78 is 0. The Kier molecular flexibility index (Phi) is 3.35. The van der Waals surface area contributed by atoms with Crippen LogP contribution in [0.4, 0.5) is 0 Å². The van der Waals surface area contributed by atoms with E-state index in [1.807, 2.05) is 6.07 Å². The van der Waals surface area contributed by atoms with Crippen LogP contribution in [-0.2, 0) is 0 Å². The molecule has 0 saturated carbocycles. The van der Waals surface area contributed by atoms with Crippen LogP contribution in [0, 0.1) is 6.92 Å². The molecule has 1 atom stereocenters. The van der Waals surface area contributed by atoms with Gasteiger partial charge in [-0.25, -0.2) is 4.79 Å². The minimum Gasteiger partial charge on any atom is -0.507 e. The summed E-state index contributed by atoms with van der Waals surface area (Å²) in [6.07, 6.45) is 0.964. The van der Waals surface area contributed by atoms with Crippen LogP contribution in [0.15, 0.2) is 12.1 Å². The number of phenols is 1. The average molecular weight is 208 g/mol. The van der Waals surface area contributed by atoms with E-state index in [-0.39, 0.29) is 11.3 Å². The van der Waals surface area contributed by atoms with Crippen molar-refractivity contribution in [1.82, 2.24) is 0 Å². The zero-order valence-corrected chi connectivity index (χ0v) is 9.24. The predicted octanol–water partition coefficient (Wildman–Crippen LogP) is 2.91. The Bertz CT molecular complexity index is 359. The lowest BCUT2D eigenvalue weighted by Crippen LogP contribution is -2.02. The van der Waals surface area contributed by atoms with Gasteiger partial charge in [-0.2, -0.15) is 0 Å². The van der Waals surface area contributed by atoms with Crippen molar-refractivity contribution in [3.05, 3.63) is 28.8 Å². The van der Waals surface area contributed by atoms with E-state index in [1.165, 1.54) is 0 Å². The monoisotopic (exact) mass is 208 g/mol. The molecular weight excluding hydrogens is 192 g/mol. The molecule has 0 bridgehead atoms. The highest BCUT2D eigenvalue weighted by atomic mass is 16.4. The first-order chi connectivity index (χ1) is 6.97. The van der Waals surface area contributed by atoms with Crippen LogP contribution < -0.4 is 0 Å². The molecule has 1 aromatic carbocycles. The van der Waals surface area contributed by atoms with Crippen LogP contribution in [0.3, 0.4) is 0 Å². The highest BCUT2D eigenvalue weighted by Crippen LogP contribution is 2.28. The van der Waals surface area contributed by atoms with Gasteiger partial charge in [0.1, 0.15) is 11.3 Å². The molecule has 0 radical (unpaired) electrons. The van der Waals surface area contributed by atoms with Crippen LogP contribution in [0.5, 0.6) is 5.75 Å². The molecule has 0 aliphatic heterocycles. The summed E-state index contributed by atoms with van der Waals surface area (Å²) in [5.74, 6) is -0.893. The molecule has 1 rings (SSSR count). The van der Waals surface area contributed by atoms with Crippen LogP contribution in [0.1, 0.15) is 47.7 Å². The zero-order valence-electron chi connectivity index (χ0n) is 9.24. The normalized spacial score (nSPS) is 12.5. The topological polar surface area (TPSA) is 57.5 Å². The first kappa shape index (κ1) is 11.6. The van der Waals surface area contributed by atoms with E-state index in [4.69, 9.17) is 5.11 Å². The Balaban J connectivity index is 3.25. The van der Waals surface area contributed by atoms with Gasteiger partial charge in [0.25, 0.3) is 0 Å². The second-order valence-corrected chi connectivity index (χ2v) is 3.85. The summed E-state index contributed by atoms with van der Waals surface area (Å²) in [6.45, 7) is 5.81. The molecule has 0 saturated heterocycles. The van der Waals surface area contributed by atoms with E-state index in [0.29, 0.717) is 11.5 Å². The minimum atomic E-state index is -1.08. The smallest absolute Gasteiger partial charge is 0.339 e. The fourth-order valence-corrected chi connectivity index (χ4v) is 1.59. The van der Waals surface area contributed by atoms with Crippen molar-refractivity contribution in [2.75, 3.05) is 0 Å². The van der Waals surface area contributed by atoms with E-state index in [1.54, 1.807) is 13.0 Å². The number of benzene rings is 1. The van der Waals surface area contributed by atoms with Gasteiger partial charge in [-0.1, -0.05) is 19.9 Å². The Hall–Kier alpha value is -1.51. The fourth-order valence-electron chi connectivity index (χ4n) is 1.59. The van der Waals surface area contributed by atoms with Gasteiger partial charge in [0.15, 0.2) is 0 Å². The predicted molar refractivity (Wildman–Crippen MR) is 58.5 cm³/mol. The third-order valence-corrected chi connectivity index (χ3v) is 2.73. The highest BCUT2D eigenvalue weighted by molar-refractivity contribution is 5.92. The second kappa shape index (κ2) is 4.34. The van der Waals surface area contributed by atoms with Crippen LogP contribution in [0.2, 0.25) is 0 Å². The summed E-state index contributed by atoms with van der Waals surface area (Å²) in [6, 6.07) is 3.38. The Morgan fingerprint density at radius 3 is 2.47 bits per heavy atom. The Morgan fingerprint density at radius 1 is 1.47 bits per heavy atom. The third kappa shape index (κ3) is 2.29. The lowest BCUT2D eigenvalue weighted by Gasteiger charge is -2.12. The Labute approximate surface area is 89.4 Å². The summed E-state index contributed by atoms with van der Waals surface area (Å²) in [7, 11) is 0. The largest absolute Gasteiger partial charge is 0.507 e. The number of hydrogen-bond acceptors (Lipinski definition) is 2. The number of carboxylic acids is 1. The van der Waals surface area contributed by atoms with Crippen LogP contribution >= 0.6 is 0 Å². The van der Waals surface area contributed by atoms with E-state index in [9.17, 15) is 9.90 Å². The number of hydrogen-bond donors (Lipinski definition) is 2. The molecule has 0 amide bonds. The van der Waals surface area contributed by atoms with Gasteiger partial charge < -0.3 is 10.2 Å². The van der Waals surface area contributed by atoms with Crippen molar-refractivity contribution in [2.45, 2.75) is 33.1 Å². The van der Waals surface area contributed by atoms with Crippen molar-refractivity contribution in [3.8, 4) is 5.75 Å². The maximum absolute atomic E-state index is 10.8. The van der Waals surface area contributed by atoms with Gasteiger partial charge in [-0.3, -0.25) is 0 Å². The van der Waals surface area contributed by atoms with Crippen molar-refractivity contribution in [3.63, 3.8) is 0 Å². The number of aryl methyl sites for hydroxylation is 1. The molecule has 0 aliphatic rings. The molecule has 3 nitrogen and oxygen atoms in total. The van der Waals surface area contributed by atoms with Crippen molar-refractivity contribution in [2.24, 2.45) is 0 Å². The Morgan fingerprint density at radius 2 is 2.07 bits per heavy atom. The maximum Gasteiger partial charge on any atom is 0.339 e. The number of carboxylic acid groups (broad SMARTS) is 1. The van der Waals surface area contributed by atoms with Gasteiger partial charge in [0.05, 0.1) is 0 Å². The minimum absolute atomic E-state index is 0.00190. The van der Waals surface area contributed by atoms with Gasteiger partial charge in [-0.15, -0.1) is 0 Å². The molecule has 2 N–H and O–H groups in total. The number of aromatic hydroxyl groups is 1. The molecule has 1 aromatic rings. The van der Waals surface area contributed by atoms with Crippen molar-refractivity contribution < 1.29 is 15.0 Å². The van der Waals surface area contributed by atoms with Crippen molar-refractivity contribution in [1.29, 1.82) is 0 Å². The first-order valence-electron chi connectivity index (χ1n) is 5.04. The molecule has 82 valence electrons.